The summed E-state index contributed by atoms with van der Waals surface area (Å²) >= 11 is 1.49. The van der Waals surface area contributed by atoms with Gasteiger partial charge in [-0.3, -0.25) is 5.41 Å². The first kappa shape index (κ1) is 9.33. The minimum absolute atomic E-state index is 0.658. The third kappa shape index (κ3) is 1.69. The first-order valence-corrected chi connectivity index (χ1v) is 5.08. The molecule has 0 heterocycles. The lowest BCUT2D eigenvalue weighted by molar-refractivity contribution is 1.35. The minimum Gasteiger partial charge on any atom is -0.293 e. The van der Waals surface area contributed by atoms with Crippen LogP contribution < -0.4 is 0 Å². The van der Waals surface area contributed by atoms with Crippen molar-refractivity contribution in [2.24, 2.45) is 0 Å². The molecule has 0 amide bonds. The summed E-state index contributed by atoms with van der Waals surface area (Å²) in [6.45, 7) is 4.10. The highest BCUT2D eigenvalue weighted by molar-refractivity contribution is 8.13. The molecule has 1 nitrogen and oxygen atoms in total. The summed E-state index contributed by atoms with van der Waals surface area (Å²) in [6, 6.07) is 6.13. The molecule has 64 valence electrons. The molecule has 1 N–H and O–H groups in total. The maximum Gasteiger partial charge on any atom is 0.0945 e. The molecule has 0 fully saturated rings. The molecule has 0 aliphatic carbocycles. The molecule has 0 radical (unpaired) electrons. The Labute approximate surface area is 77.7 Å². The monoisotopic (exact) mass is 179 g/mol. The van der Waals surface area contributed by atoms with Crippen molar-refractivity contribution in [3.8, 4) is 0 Å². The van der Waals surface area contributed by atoms with Gasteiger partial charge in [0.1, 0.15) is 0 Å². The highest BCUT2D eigenvalue weighted by Gasteiger charge is 2.05. The van der Waals surface area contributed by atoms with E-state index < -0.39 is 0 Å². The summed E-state index contributed by atoms with van der Waals surface area (Å²) in [7, 11) is 0. The van der Waals surface area contributed by atoms with E-state index in [2.05, 4.69) is 0 Å². The molecule has 0 unspecified atom stereocenters. The van der Waals surface area contributed by atoms with Gasteiger partial charge in [-0.25, -0.2) is 0 Å². The summed E-state index contributed by atoms with van der Waals surface area (Å²) in [5.41, 5.74) is 3.47. The quantitative estimate of drug-likeness (QED) is 0.520. The number of thioether (sulfide) groups is 1. The van der Waals surface area contributed by atoms with Crippen LogP contribution in [0.1, 0.15) is 16.7 Å². The van der Waals surface area contributed by atoms with Crippen LogP contribution in [0.25, 0.3) is 0 Å². The van der Waals surface area contributed by atoms with Crippen molar-refractivity contribution in [3.63, 3.8) is 0 Å². The zero-order chi connectivity index (χ0) is 9.14. The number of benzene rings is 1. The lowest BCUT2D eigenvalue weighted by atomic mass is 10.0. The summed E-state index contributed by atoms with van der Waals surface area (Å²) in [6.07, 6.45) is 1.94. The van der Waals surface area contributed by atoms with Crippen molar-refractivity contribution in [2.45, 2.75) is 13.8 Å². The molecule has 1 aromatic carbocycles. The molecule has 1 rings (SSSR count). The molecular weight excluding hydrogens is 166 g/mol. The third-order valence-corrected chi connectivity index (χ3v) is 2.52. The van der Waals surface area contributed by atoms with Gasteiger partial charge in [0, 0.05) is 5.56 Å². The Morgan fingerprint density at radius 3 is 2.17 bits per heavy atom. The van der Waals surface area contributed by atoms with E-state index in [1.54, 1.807) is 0 Å². The van der Waals surface area contributed by atoms with Crippen LogP contribution in [0.5, 0.6) is 0 Å². The average Bonchev–Trinajstić information content (AvgIpc) is 2.03. The predicted molar refractivity (Wildman–Crippen MR) is 56.3 cm³/mol. The van der Waals surface area contributed by atoms with E-state index in [0.29, 0.717) is 5.04 Å². The normalized spacial score (nSPS) is 9.92. The second kappa shape index (κ2) is 3.76. The minimum atomic E-state index is 0.658. The number of hydrogen-bond acceptors (Lipinski definition) is 2. The molecule has 0 aliphatic rings. The van der Waals surface area contributed by atoms with Gasteiger partial charge >= 0.3 is 0 Å². The van der Waals surface area contributed by atoms with Gasteiger partial charge in [0.15, 0.2) is 0 Å². The fourth-order valence-electron chi connectivity index (χ4n) is 1.27. The third-order valence-electron chi connectivity index (χ3n) is 1.91. The lowest BCUT2D eigenvalue weighted by Crippen LogP contribution is -1.99. The van der Waals surface area contributed by atoms with E-state index in [1.807, 2.05) is 38.3 Å². The fourth-order valence-corrected chi connectivity index (χ4v) is 1.80. The topological polar surface area (TPSA) is 23.9 Å². The van der Waals surface area contributed by atoms with Gasteiger partial charge in [-0.05, 0) is 31.2 Å². The summed E-state index contributed by atoms with van der Waals surface area (Å²) < 4.78 is 0. The van der Waals surface area contributed by atoms with E-state index >= 15 is 0 Å². The van der Waals surface area contributed by atoms with Crippen LogP contribution in [0, 0.1) is 19.3 Å². The Kier molecular flexibility index (Phi) is 2.93. The Bertz CT molecular complexity index is 284. The van der Waals surface area contributed by atoms with Crippen molar-refractivity contribution in [1.82, 2.24) is 0 Å². The van der Waals surface area contributed by atoms with E-state index in [9.17, 15) is 0 Å². The van der Waals surface area contributed by atoms with Gasteiger partial charge in [0.25, 0.3) is 0 Å². The predicted octanol–water partition coefficient (Wildman–Crippen LogP) is 2.99. The van der Waals surface area contributed by atoms with Crippen molar-refractivity contribution in [1.29, 1.82) is 5.41 Å². The van der Waals surface area contributed by atoms with Gasteiger partial charge in [0.2, 0.25) is 0 Å². The highest BCUT2D eigenvalue weighted by Crippen LogP contribution is 2.18. The molecule has 0 aromatic heterocycles. The molecule has 0 atom stereocenters. The second-order valence-corrected chi connectivity index (χ2v) is 3.62. The van der Waals surface area contributed by atoms with Crippen LogP contribution in [0.3, 0.4) is 0 Å². The van der Waals surface area contributed by atoms with Crippen LogP contribution in [-0.2, 0) is 0 Å². The molecule has 1 aromatic rings. The summed E-state index contributed by atoms with van der Waals surface area (Å²) in [5.74, 6) is 0. The standard InChI is InChI=1S/C10H13NS/c1-7-5-4-6-8(2)9(7)10(11)12-3/h4-6,11H,1-3H3. The maximum atomic E-state index is 7.72. The zero-order valence-corrected chi connectivity index (χ0v) is 8.46. The lowest BCUT2D eigenvalue weighted by Gasteiger charge is -2.08. The molecule has 0 saturated heterocycles. The van der Waals surface area contributed by atoms with Crippen LogP contribution in [0.15, 0.2) is 18.2 Å². The number of hydrogen-bond donors (Lipinski definition) is 1. The van der Waals surface area contributed by atoms with Crippen LogP contribution in [0.4, 0.5) is 0 Å². The van der Waals surface area contributed by atoms with Crippen LogP contribution in [0.2, 0.25) is 0 Å². The van der Waals surface area contributed by atoms with E-state index in [0.717, 1.165) is 5.56 Å². The van der Waals surface area contributed by atoms with Crippen molar-refractivity contribution in [2.75, 3.05) is 6.26 Å². The molecule has 0 spiro atoms. The molecule has 0 bridgehead atoms. The van der Waals surface area contributed by atoms with E-state index in [1.165, 1.54) is 22.9 Å². The Morgan fingerprint density at radius 2 is 1.75 bits per heavy atom. The Hall–Kier alpha value is -0.760. The summed E-state index contributed by atoms with van der Waals surface area (Å²) in [5, 5.41) is 8.38. The average molecular weight is 179 g/mol. The maximum absolute atomic E-state index is 7.72. The molecule has 2 heteroatoms. The molecule has 12 heavy (non-hydrogen) atoms. The first-order chi connectivity index (χ1) is 5.66. The molecular formula is C10H13NS. The smallest absolute Gasteiger partial charge is 0.0945 e. The van der Waals surface area contributed by atoms with Crippen molar-refractivity contribution in [3.05, 3.63) is 34.9 Å². The first-order valence-electron chi connectivity index (χ1n) is 3.86. The fraction of sp³-hybridized carbons (Fsp3) is 0.300. The van der Waals surface area contributed by atoms with Gasteiger partial charge in [0.05, 0.1) is 5.04 Å². The van der Waals surface area contributed by atoms with Gasteiger partial charge in [-0.1, -0.05) is 18.2 Å². The Morgan fingerprint density at radius 1 is 1.25 bits per heavy atom. The van der Waals surface area contributed by atoms with E-state index in [4.69, 9.17) is 5.41 Å². The number of aryl methyl sites for hydroxylation is 2. The largest absolute Gasteiger partial charge is 0.293 e. The van der Waals surface area contributed by atoms with Gasteiger partial charge in [-0.2, -0.15) is 0 Å². The SMILES string of the molecule is CSC(=N)c1c(C)cccc1C. The molecule has 0 saturated carbocycles. The number of nitrogens with one attached hydrogen (secondary N) is 1. The van der Waals surface area contributed by atoms with Crippen LogP contribution in [-0.4, -0.2) is 11.3 Å². The highest BCUT2D eigenvalue weighted by atomic mass is 32.2. The Balaban J connectivity index is 3.21. The van der Waals surface area contributed by atoms with Crippen LogP contribution >= 0.6 is 11.8 Å². The second-order valence-electron chi connectivity index (χ2n) is 2.80. The van der Waals surface area contributed by atoms with Crippen molar-refractivity contribution < 1.29 is 0 Å². The van der Waals surface area contributed by atoms with Crippen molar-refractivity contribution >= 4 is 16.8 Å². The summed E-state index contributed by atoms with van der Waals surface area (Å²) in [4.78, 5) is 0. The van der Waals surface area contributed by atoms with E-state index in [-0.39, 0.29) is 0 Å². The number of rotatable bonds is 1. The van der Waals surface area contributed by atoms with Gasteiger partial charge < -0.3 is 0 Å². The zero-order valence-electron chi connectivity index (χ0n) is 7.64. The van der Waals surface area contributed by atoms with Gasteiger partial charge in [-0.15, -0.1) is 11.8 Å². The molecule has 0 aliphatic heterocycles.